The summed E-state index contributed by atoms with van der Waals surface area (Å²) in [6, 6.07) is 2.93. The first-order valence-corrected chi connectivity index (χ1v) is 6.89. The lowest BCUT2D eigenvalue weighted by Crippen LogP contribution is -2.18. The van der Waals surface area contributed by atoms with Crippen LogP contribution in [0.1, 0.15) is 21.5 Å². The molecule has 0 amide bonds. The number of thiazole rings is 1. The molecule has 7 heteroatoms. The van der Waals surface area contributed by atoms with Crippen molar-refractivity contribution in [3.05, 3.63) is 50.6 Å². The fourth-order valence-electron chi connectivity index (χ4n) is 2.47. The van der Waals surface area contributed by atoms with Crippen LogP contribution in [0.25, 0.3) is 15.7 Å². The standard InChI is InChI=1S/C14H9F2NO3S/c15-5-7-1-2-9-10(8(7)6-16)12(18)11(14(19)20)13-17(9)3-4-21-13/h1-4H,5-6H2,(H,19,20). The van der Waals surface area contributed by atoms with E-state index >= 15 is 0 Å². The Morgan fingerprint density at radius 3 is 2.67 bits per heavy atom. The van der Waals surface area contributed by atoms with E-state index in [2.05, 4.69) is 0 Å². The van der Waals surface area contributed by atoms with Crippen molar-refractivity contribution in [3.8, 4) is 0 Å². The minimum absolute atomic E-state index is 0.0635. The number of pyridine rings is 1. The van der Waals surface area contributed by atoms with Gasteiger partial charge in [0.25, 0.3) is 0 Å². The van der Waals surface area contributed by atoms with Gasteiger partial charge in [-0.2, -0.15) is 0 Å². The zero-order valence-corrected chi connectivity index (χ0v) is 11.4. The summed E-state index contributed by atoms with van der Waals surface area (Å²) in [6.07, 6.45) is 1.60. The number of fused-ring (bicyclic) bond motifs is 3. The highest BCUT2D eigenvalue weighted by Gasteiger charge is 2.21. The second-order valence-corrected chi connectivity index (χ2v) is 5.35. The maximum absolute atomic E-state index is 13.3. The van der Waals surface area contributed by atoms with Crippen LogP contribution >= 0.6 is 11.3 Å². The molecule has 0 unspecified atom stereocenters. The molecule has 1 aromatic carbocycles. The van der Waals surface area contributed by atoms with E-state index in [-0.39, 0.29) is 21.3 Å². The molecule has 21 heavy (non-hydrogen) atoms. The minimum Gasteiger partial charge on any atom is -0.477 e. The van der Waals surface area contributed by atoms with Crippen molar-refractivity contribution in [1.29, 1.82) is 0 Å². The lowest BCUT2D eigenvalue weighted by Gasteiger charge is -2.10. The van der Waals surface area contributed by atoms with Crippen LogP contribution in [-0.2, 0) is 13.3 Å². The number of hydrogen-bond acceptors (Lipinski definition) is 3. The number of carboxylic acid groups (broad SMARTS) is 1. The van der Waals surface area contributed by atoms with E-state index in [1.807, 2.05) is 0 Å². The zero-order valence-electron chi connectivity index (χ0n) is 10.6. The SMILES string of the molecule is O=C(O)c1c(=O)c2c(CF)c(CF)ccc2n2ccsc12. The van der Waals surface area contributed by atoms with Crippen molar-refractivity contribution in [1.82, 2.24) is 4.40 Å². The first-order chi connectivity index (χ1) is 10.1. The molecule has 0 aliphatic carbocycles. The van der Waals surface area contributed by atoms with Gasteiger partial charge in [-0.3, -0.25) is 4.79 Å². The van der Waals surface area contributed by atoms with Gasteiger partial charge in [0.05, 0.1) is 10.9 Å². The van der Waals surface area contributed by atoms with E-state index in [4.69, 9.17) is 0 Å². The molecule has 1 N–H and O–H groups in total. The van der Waals surface area contributed by atoms with Gasteiger partial charge in [-0.15, -0.1) is 11.3 Å². The average molecular weight is 309 g/mol. The number of aromatic carboxylic acids is 1. The van der Waals surface area contributed by atoms with E-state index in [9.17, 15) is 23.5 Å². The number of alkyl halides is 2. The molecule has 0 fully saturated rings. The molecule has 0 saturated heterocycles. The van der Waals surface area contributed by atoms with Crippen molar-refractivity contribution in [3.63, 3.8) is 0 Å². The Morgan fingerprint density at radius 2 is 2.05 bits per heavy atom. The Labute approximate surface area is 120 Å². The molecular weight excluding hydrogens is 300 g/mol. The van der Waals surface area contributed by atoms with Crippen molar-refractivity contribution < 1.29 is 18.7 Å². The summed E-state index contributed by atoms with van der Waals surface area (Å²) in [5.74, 6) is -1.38. The van der Waals surface area contributed by atoms with Gasteiger partial charge in [-0.05, 0) is 11.6 Å². The highest BCUT2D eigenvalue weighted by atomic mass is 32.1. The van der Waals surface area contributed by atoms with Gasteiger partial charge in [0, 0.05) is 17.1 Å². The number of carbonyl (C=O) groups is 1. The predicted molar refractivity (Wildman–Crippen MR) is 75.6 cm³/mol. The smallest absolute Gasteiger partial charge is 0.342 e. The van der Waals surface area contributed by atoms with E-state index in [1.54, 1.807) is 11.6 Å². The Balaban J connectivity index is 2.65. The first kappa shape index (κ1) is 13.7. The molecule has 0 aliphatic heterocycles. The van der Waals surface area contributed by atoms with Gasteiger partial charge in [0.15, 0.2) is 0 Å². The van der Waals surface area contributed by atoms with E-state index in [1.165, 1.54) is 16.5 Å². The summed E-state index contributed by atoms with van der Waals surface area (Å²) in [5.41, 5.74) is -0.825. The monoisotopic (exact) mass is 309 g/mol. The molecule has 4 nitrogen and oxygen atoms in total. The normalized spacial score (nSPS) is 11.3. The van der Waals surface area contributed by atoms with Crippen LogP contribution < -0.4 is 5.43 Å². The molecule has 0 spiro atoms. The van der Waals surface area contributed by atoms with E-state index in [0.29, 0.717) is 5.52 Å². The van der Waals surface area contributed by atoms with Crippen LogP contribution in [0.15, 0.2) is 28.5 Å². The summed E-state index contributed by atoms with van der Waals surface area (Å²) in [4.78, 5) is 24.1. The van der Waals surface area contributed by atoms with Gasteiger partial charge >= 0.3 is 5.97 Å². The molecule has 0 bridgehead atoms. The Bertz CT molecular complexity index is 929. The number of benzene rings is 1. The lowest BCUT2D eigenvalue weighted by atomic mass is 10.0. The number of carboxylic acids is 1. The Kier molecular flexibility index (Phi) is 3.21. The third kappa shape index (κ3) is 1.84. The molecule has 2 heterocycles. The van der Waals surface area contributed by atoms with Crippen LogP contribution in [0.5, 0.6) is 0 Å². The minimum atomic E-state index is -1.38. The Hall–Kier alpha value is -2.28. The third-order valence-electron chi connectivity index (χ3n) is 3.42. The number of nitrogens with zero attached hydrogens (tertiary/aromatic N) is 1. The van der Waals surface area contributed by atoms with Crippen molar-refractivity contribution in [2.24, 2.45) is 0 Å². The number of aromatic nitrogens is 1. The van der Waals surface area contributed by atoms with Crippen LogP contribution in [0, 0.1) is 0 Å². The van der Waals surface area contributed by atoms with Crippen LogP contribution in [0.2, 0.25) is 0 Å². The summed E-state index contributed by atoms with van der Waals surface area (Å²) >= 11 is 1.11. The largest absolute Gasteiger partial charge is 0.477 e. The fraction of sp³-hybridized carbons (Fsp3) is 0.143. The van der Waals surface area contributed by atoms with Gasteiger partial charge < -0.3 is 9.51 Å². The quantitative estimate of drug-likeness (QED) is 0.808. The predicted octanol–water partition coefficient (Wildman–Crippen LogP) is 3.15. The van der Waals surface area contributed by atoms with Crippen LogP contribution in [0.4, 0.5) is 8.78 Å². The average Bonchev–Trinajstić information content (AvgIpc) is 2.94. The van der Waals surface area contributed by atoms with Crippen molar-refractivity contribution in [2.75, 3.05) is 0 Å². The fourth-order valence-corrected chi connectivity index (χ4v) is 3.35. The van der Waals surface area contributed by atoms with Gasteiger partial charge in [-0.25, -0.2) is 13.6 Å². The molecule has 0 saturated carbocycles. The Morgan fingerprint density at radius 1 is 1.29 bits per heavy atom. The maximum Gasteiger partial charge on any atom is 0.342 e. The molecule has 0 aliphatic rings. The second kappa shape index (κ2) is 4.92. The molecule has 3 aromatic rings. The molecule has 0 radical (unpaired) electrons. The molecule has 3 rings (SSSR count). The summed E-state index contributed by atoms with van der Waals surface area (Å²) < 4.78 is 27.8. The van der Waals surface area contributed by atoms with Crippen molar-refractivity contribution >= 4 is 33.0 Å². The van der Waals surface area contributed by atoms with E-state index in [0.717, 1.165) is 11.3 Å². The first-order valence-electron chi connectivity index (χ1n) is 6.01. The highest BCUT2D eigenvalue weighted by Crippen LogP contribution is 2.26. The lowest BCUT2D eigenvalue weighted by molar-refractivity contribution is 0.0697. The van der Waals surface area contributed by atoms with E-state index < -0.39 is 30.3 Å². The maximum atomic E-state index is 13.3. The van der Waals surface area contributed by atoms with Crippen LogP contribution in [0.3, 0.4) is 0 Å². The molecular formula is C14H9F2NO3S. The third-order valence-corrected chi connectivity index (χ3v) is 4.30. The molecule has 108 valence electrons. The van der Waals surface area contributed by atoms with Gasteiger partial charge in [0.1, 0.15) is 23.7 Å². The molecule has 0 atom stereocenters. The van der Waals surface area contributed by atoms with Gasteiger partial charge in [0.2, 0.25) is 5.43 Å². The van der Waals surface area contributed by atoms with Crippen molar-refractivity contribution in [2.45, 2.75) is 13.3 Å². The summed E-state index contributed by atoms with van der Waals surface area (Å²) in [5, 5.41) is 10.8. The number of hydrogen-bond donors (Lipinski definition) is 1. The second-order valence-electron chi connectivity index (χ2n) is 4.45. The highest BCUT2D eigenvalue weighted by molar-refractivity contribution is 7.16. The topological polar surface area (TPSA) is 58.8 Å². The number of halogens is 2. The number of rotatable bonds is 3. The van der Waals surface area contributed by atoms with Gasteiger partial charge in [-0.1, -0.05) is 6.07 Å². The van der Waals surface area contributed by atoms with Crippen LogP contribution in [-0.4, -0.2) is 15.5 Å². The summed E-state index contributed by atoms with van der Waals surface area (Å²) in [6.45, 7) is -1.94. The zero-order chi connectivity index (χ0) is 15.1. The summed E-state index contributed by atoms with van der Waals surface area (Å²) in [7, 11) is 0. The molecule has 2 aromatic heterocycles.